The summed E-state index contributed by atoms with van der Waals surface area (Å²) >= 11 is 0. The predicted octanol–water partition coefficient (Wildman–Crippen LogP) is 2.83. The molecule has 15 heavy (non-hydrogen) atoms. The lowest BCUT2D eigenvalue weighted by atomic mass is 10.3. The van der Waals surface area contributed by atoms with E-state index < -0.39 is 0 Å². The molecule has 0 bridgehead atoms. The van der Waals surface area contributed by atoms with E-state index in [2.05, 4.69) is 17.2 Å². The highest BCUT2D eigenvalue weighted by Crippen LogP contribution is 2.07. The van der Waals surface area contributed by atoms with Crippen LogP contribution in [0.3, 0.4) is 0 Å². The third-order valence-electron chi connectivity index (χ3n) is 1.96. The fraction of sp³-hybridized carbons (Fsp3) is 0.583. The minimum absolute atomic E-state index is 0.267. The fourth-order valence-corrected chi connectivity index (χ4v) is 1.13. The van der Waals surface area contributed by atoms with Gasteiger partial charge in [0.2, 0.25) is 0 Å². The molecule has 0 amide bonds. The van der Waals surface area contributed by atoms with Gasteiger partial charge in [-0.15, -0.1) is 0 Å². The Morgan fingerprint density at radius 2 is 2.20 bits per heavy atom. The van der Waals surface area contributed by atoms with E-state index in [-0.39, 0.29) is 6.10 Å². The van der Waals surface area contributed by atoms with E-state index in [1.54, 1.807) is 0 Å². The van der Waals surface area contributed by atoms with Crippen molar-refractivity contribution in [2.45, 2.75) is 39.9 Å². The Balaban J connectivity index is 2.41. The fourth-order valence-electron chi connectivity index (χ4n) is 1.13. The van der Waals surface area contributed by atoms with E-state index in [0.717, 1.165) is 24.3 Å². The molecule has 0 saturated heterocycles. The number of nitrogens with one attached hydrogen (secondary N) is 1. The second kappa shape index (κ2) is 6.40. The molecule has 1 heterocycles. The van der Waals surface area contributed by atoms with Gasteiger partial charge in [0.05, 0.1) is 12.7 Å². The Kier molecular flexibility index (Phi) is 5.12. The molecule has 0 fully saturated rings. The first-order chi connectivity index (χ1) is 7.22. The smallest absolute Gasteiger partial charge is 0.125 e. The van der Waals surface area contributed by atoms with Gasteiger partial charge in [-0.05, 0) is 31.9 Å². The van der Waals surface area contributed by atoms with Gasteiger partial charge < -0.3 is 10.1 Å². The molecule has 0 aliphatic carbocycles. The largest absolute Gasteiger partial charge is 0.374 e. The highest BCUT2D eigenvalue weighted by molar-refractivity contribution is 5.35. The lowest BCUT2D eigenvalue weighted by molar-refractivity contribution is 0.0655. The van der Waals surface area contributed by atoms with Gasteiger partial charge in [-0.3, -0.25) is 0 Å². The zero-order chi connectivity index (χ0) is 11.1. The van der Waals surface area contributed by atoms with E-state index in [1.807, 2.05) is 32.2 Å². The van der Waals surface area contributed by atoms with Crippen LogP contribution in [0, 0.1) is 0 Å². The molecule has 1 aromatic heterocycles. The first-order valence-corrected chi connectivity index (χ1v) is 5.52. The summed E-state index contributed by atoms with van der Waals surface area (Å²) in [5.41, 5.74) is 1.12. The Hall–Kier alpha value is -1.09. The number of rotatable bonds is 6. The summed E-state index contributed by atoms with van der Waals surface area (Å²) < 4.78 is 5.49. The minimum atomic E-state index is 0.267. The maximum absolute atomic E-state index is 5.49. The van der Waals surface area contributed by atoms with Gasteiger partial charge in [-0.1, -0.05) is 13.0 Å². The first-order valence-electron chi connectivity index (χ1n) is 5.52. The molecular weight excluding hydrogens is 188 g/mol. The van der Waals surface area contributed by atoms with Crippen LogP contribution >= 0.6 is 0 Å². The summed E-state index contributed by atoms with van der Waals surface area (Å²) in [7, 11) is 0. The van der Waals surface area contributed by atoms with Crippen molar-refractivity contribution >= 4 is 5.82 Å². The van der Waals surface area contributed by atoms with Crippen LogP contribution in [-0.2, 0) is 11.3 Å². The zero-order valence-electron chi connectivity index (χ0n) is 9.79. The number of pyridine rings is 1. The van der Waals surface area contributed by atoms with Crippen LogP contribution in [0.1, 0.15) is 32.8 Å². The average molecular weight is 208 g/mol. The molecule has 1 rings (SSSR count). The van der Waals surface area contributed by atoms with Crippen molar-refractivity contribution in [3.8, 4) is 0 Å². The van der Waals surface area contributed by atoms with Gasteiger partial charge in [-0.25, -0.2) is 4.98 Å². The monoisotopic (exact) mass is 208 g/mol. The van der Waals surface area contributed by atoms with Gasteiger partial charge in [0.1, 0.15) is 5.82 Å². The maximum atomic E-state index is 5.49. The van der Waals surface area contributed by atoms with E-state index in [4.69, 9.17) is 4.74 Å². The topological polar surface area (TPSA) is 34.1 Å². The summed E-state index contributed by atoms with van der Waals surface area (Å²) in [4.78, 5) is 4.30. The lowest BCUT2D eigenvalue weighted by Gasteiger charge is -2.08. The summed E-state index contributed by atoms with van der Waals surface area (Å²) in [6.45, 7) is 7.81. The van der Waals surface area contributed by atoms with Crippen LogP contribution < -0.4 is 5.32 Å². The normalized spacial score (nSPS) is 10.7. The second-order valence-electron chi connectivity index (χ2n) is 3.84. The molecule has 84 valence electrons. The molecule has 0 aliphatic heterocycles. The molecule has 0 saturated carbocycles. The number of anilines is 1. The van der Waals surface area contributed by atoms with Crippen molar-refractivity contribution in [2.24, 2.45) is 0 Å². The third-order valence-corrected chi connectivity index (χ3v) is 1.96. The Morgan fingerprint density at radius 1 is 1.40 bits per heavy atom. The van der Waals surface area contributed by atoms with Gasteiger partial charge in [-0.2, -0.15) is 0 Å². The van der Waals surface area contributed by atoms with Crippen LogP contribution in [-0.4, -0.2) is 17.6 Å². The van der Waals surface area contributed by atoms with Gasteiger partial charge >= 0.3 is 0 Å². The molecule has 0 atom stereocenters. The summed E-state index contributed by atoms with van der Waals surface area (Å²) in [5.74, 6) is 0.935. The van der Waals surface area contributed by atoms with Crippen molar-refractivity contribution in [1.29, 1.82) is 0 Å². The maximum Gasteiger partial charge on any atom is 0.125 e. The highest BCUT2D eigenvalue weighted by atomic mass is 16.5. The zero-order valence-corrected chi connectivity index (χ0v) is 9.79. The second-order valence-corrected chi connectivity index (χ2v) is 3.84. The number of aromatic nitrogens is 1. The Bertz CT molecular complexity index is 269. The van der Waals surface area contributed by atoms with Gasteiger partial charge in [0, 0.05) is 12.7 Å². The van der Waals surface area contributed by atoms with Crippen LogP contribution in [0.4, 0.5) is 5.82 Å². The number of ether oxygens (including phenoxy) is 1. The van der Waals surface area contributed by atoms with E-state index in [9.17, 15) is 0 Å². The van der Waals surface area contributed by atoms with Crippen LogP contribution in [0.15, 0.2) is 18.3 Å². The van der Waals surface area contributed by atoms with Crippen LogP contribution in [0.2, 0.25) is 0 Å². The number of hydrogen-bond donors (Lipinski definition) is 1. The summed E-state index contributed by atoms with van der Waals surface area (Å²) in [5, 5.41) is 3.23. The molecule has 0 spiro atoms. The van der Waals surface area contributed by atoms with Crippen molar-refractivity contribution in [3.63, 3.8) is 0 Å². The Labute approximate surface area is 91.9 Å². The third kappa shape index (κ3) is 4.79. The molecule has 0 aliphatic rings. The lowest BCUT2D eigenvalue weighted by Crippen LogP contribution is -2.04. The molecule has 0 aromatic carbocycles. The van der Waals surface area contributed by atoms with Crippen molar-refractivity contribution in [2.75, 3.05) is 11.9 Å². The van der Waals surface area contributed by atoms with Crippen LogP contribution in [0.25, 0.3) is 0 Å². The van der Waals surface area contributed by atoms with Crippen LogP contribution in [0.5, 0.6) is 0 Å². The Morgan fingerprint density at radius 3 is 2.73 bits per heavy atom. The molecule has 0 unspecified atom stereocenters. The molecule has 3 nitrogen and oxygen atoms in total. The molecule has 1 aromatic rings. The highest BCUT2D eigenvalue weighted by Gasteiger charge is 1.97. The van der Waals surface area contributed by atoms with E-state index in [1.165, 1.54) is 0 Å². The van der Waals surface area contributed by atoms with Crippen molar-refractivity contribution in [1.82, 2.24) is 4.98 Å². The van der Waals surface area contributed by atoms with Gasteiger partial charge in [0.15, 0.2) is 0 Å². The molecule has 1 N–H and O–H groups in total. The standard InChI is InChI=1S/C12H20N2O/c1-4-7-13-12-6-5-11(8-14-12)9-15-10(2)3/h5-6,8,10H,4,7,9H2,1-3H3,(H,13,14). The minimum Gasteiger partial charge on any atom is -0.374 e. The SMILES string of the molecule is CCCNc1ccc(COC(C)C)cn1. The summed E-state index contributed by atoms with van der Waals surface area (Å²) in [6.07, 6.45) is 3.24. The van der Waals surface area contributed by atoms with Crippen molar-refractivity contribution < 1.29 is 4.74 Å². The molecular formula is C12H20N2O. The number of nitrogens with zero attached hydrogens (tertiary/aromatic N) is 1. The van der Waals surface area contributed by atoms with E-state index in [0.29, 0.717) is 6.61 Å². The van der Waals surface area contributed by atoms with Crippen molar-refractivity contribution in [3.05, 3.63) is 23.9 Å². The average Bonchev–Trinajstić information content (AvgIpc) is 2.25. The molecule has 0 radical (unpaired) electrons. The van der Waals surface area contributed by atoms with E-state index >= 15 is 0 Å². The predicted molar refractivity (Wildman–Crippen MR) is 62.9 cm³/mol. The number of hydrogen-bond acceptors (Lipinski definition) is 3. The van der Waals surface area contributed by atoms with Gasteiger partial charge in [0.25, 0.3) is 0 Å². The summed E-state index contributed by atoms with van der Waals surface area (Å²) in [6, 6.07) is 4.04. The quantitative estimate of drug-likeness (QED) is 0.780. The first kappa shape index (κ1) is 12.0. The molecule has 3 heteroatoms.